The van der Waals surface area contributed by atoms with Crippen molar-refractivity contribution in [1.29, 1.82) is 0 Å². The van der Waals surface area contributed by atoms with E-state index in [1.165, 1.54) is 6.07 Å². The number of hydrogen-bond donors (Lipinski definition) is 1. The number of nitrogens with zero attached hydrogens (tertiary/aromatic N) is 3. The van der Waals surface area contributed by atoms with E-state index in [1.54, 1.807) is 42.7 Å². The van der Waals surface area contributed by atoms with Crippen molar-refractivity contribution in [2.45, 2.75) is 6.54 Å². The number of nitrogens with one attached hydrogen (secondary N) is 1. The van der Waals surface area contributed by atoms with Crippen molar-refractivity contribution in [3.8, 4) is 11.3 Å². The summed E-state index contributed by atoms with van der Waals surface area (Å²) in [7, 11) is 0. The lowest BCUT2D eigenvalue weighted by atomic mass is 10.2. The van der Waals surface area contributed by atoms with E-state index in [4.69, 9.17) is 0 Å². The van der Waals surface area contributed by atoms with Gasteiger partial charge in [-0.15, -0.1) is 0 Å². The molecule has 0 unspecified atom stereocenters. The van der Waals surface area contributed by atoms with Crippen molar-refractivity contribution in [3.63, 3.8) is 0 Å². The van der Waals surface area contributed by atoms with Crippen LogP contribution >= 0.6 is 15.9 Å². The van der Waals surface area contributed by atoms with Crippen LogP contribution in [0.25, 0.3) is 11.3 Å². The van der Waals surface area contributed by atoms with Crippen molar-refractivity contribution in [3.05, 3.63) is 75.8 Å². The summed E-state index contributed by atoms with van der Waals surface area (Å²) < 4.78 is 2.06. The Morgan fingerprint density at radius 2 is 1.75 bits per heavy atom. The highest BCUT2D eigenvalue weighted by Gasteiger charge is 2.08. The molecule has 0 saturated heterocycles. The predicted molar refractivity (Wildman–Crippen MR) is 94.5 cm³/mol. The van der Waals surface area contributed by atoms with E-state index in [0.29, 0.717) is 11.4 Å². The molecule has 6 nitrogen and oxygen atoms in total. The lowest BCUT2D eigenvalue weighted by Gasteiger charge is -2.08. The quantitative estimate of drug-likeness (QED) is 0.749. The summed E-state index contributed by atoms with van der Waals surface area (Å²) >= 11 is 3.33. The molecule has 3 aromatic rings. The fourth-order valence-corrected chi connectivity index (χ4v) is 2.37. The second kappa shape index (κ2) is 7.18. The van der Waals surface area contributed by atoms with Crippen LogP contribution in [0.3, 0.4) is 0 Å². The predicted octanol–water partition coefficient (Wildman–Crippen LogP) is 2.71. The number of aromatic nitrogens is 3. The number of carbonyl (C=O) groups is 1. The van der Waals surface area contributed by atoms with Gasteiger partial charge in [-0.25, -0.2) is 4.68 Å². The molecule has 0 saturated carbocycles. The van der Waals surface area contributed by atoms with Crippen molar-refractivity contribution < 1.29 is 4.79 Å². The summed E-state index contributed by atoms with van der Waals surface area (Å²) in [4.78, 5) is 28.0. The fourth-order valence-electron chi connectivity index (χ4n) is 2.11. The Morgan fingerprint density at radius 3 is 2.46 bits per heavy atom. The Morgan fingerprint density at radius 1 is 1.04 bits per heavy atom. The fraction of sp³-hybridized carbons (Fsp3) is 0.0588. The Labute approximate surface area is 146 Å². The van der Waals surface area contributed by atoms with Crippen molar-refractivity contribution in [1.82, 2.24) is 14.8 Å². The Bertz CT molecular complexity index is 908. The monoisotopic (exact) mass is 384 g/mol. The smallest absolute Gasteiger partial charge is 0.267 e. The average Bonchev–Trinajstić information content (AvgIpc) is 2.60. The highest BCUT2D eigenvalue weighted by atomic mass is 79.9. The number of rotatable bonds is 4. The minimum Gasteiger partial charge on any atom is -0.324 e. The first-order valence-corrected chi connectivity index (χ1v) is 7.95. The average molecular weight is 385 g/mol. The van der Waals surface area contributed by atoms with Crippen molar-refractivity contribution in [2.24, 2.45) is 0 Å². The van der Waals surface area contributed by atoms with E-state index < -0.39 is 0 Å². The van der Waals surface area contributed by atoms with Gasteiger partial charge in [-0.2, -0.15) is 5.10 Å². The molecule has 0 atom stereocenters. The molecule has 120 valence electrons. The maximum Gasteiger partial charge on any atom is 0.267 e. The molecule has 0 radical (unpaired) electrons. The van der Waals surface area contributed by atoms with Crippen LogP contribution in [0.15, 0.2) is 70.2 Å². The second-order valence-electron chi connectivity index (χ2n) is 5.01. The van der Waals surface area contributed by atoms with Crippen LogP contribution in [0.4, 0.5) is 5.69 Å². The maximum absolute atomic E-state index is 12.1. The van der Waals surface area contributed by atoms with Crippen LogP contribution in [0.1, 0.15) is 0 Å². The normalized spacial score (nSPS) is 10.4. The zero-order valence-corrected chi connectivity index (χ0v) is 14.1. The van der Waals surface area contributed by atoms with Gasteiger partial charge in [0.1, 0.15) is 6.54 Å². The summed E-state index contributed by atoms with van der Waals surface area (Å²) in [6.07, 6.45) is 3.29. The summed E-state index contributed by atoms with van der Waals surface area (Å²) in [5.41, 5.74) is 1.75. The number of hydrogen-bond acceptors (Lipinski definition) is 4. The topological polar surface area (TPSA) is 76.9 Å². The van der Waals surface area contributed by atoms with Gasteiger partial charge < -0.3 is 5.32 Å². The number of carbonyl (C=O) groups excluding carboxylic acids is 1. The Balaban J connectivity index is 1.78. The third-order valence-electron chi connectivity index (χ3n) is 3.26. The zero-order chi connectivity index (χ0) is 16.9. The van der Waals surface area contributed by atoms with Gasteiger partial charge in [0.05, 0.1) is 5.69 Å². The Kier molecular flexibility index (Phi) is 4.81. The van der Waals surface area contributed by atoms with E-state index in [0.717, 1.165) is 14.7 Å². The van der Waals surface area contributed by atoms with E-state index in [9.17, 15) is 9.59 Å². The van der Waals surface area contributed by atoms with Gasteiger partial charge in [0.25, 0.3) is 5.56 Å². The molecule has 24 heavy (non-hydrogen) atoms. The van der Waals surface area contributed by atoms with Crippen LogP contribution < -0.4 is 10.9 Å². The molecule has 0 fully saturated rings. The minimum atomic E-state index is -0.334. The molecule has 0 spiro atoms. The molecular formula is C17H13BrN4O2. The number of pyridine rings is 1. The van der Waals surface area contributed by atoms with Gasteiger partial charge in [0, 0.05) is 34.2 Å². The van der Waals surface area contributed by atoms with Gasteiger partial charge >= 0.3 is 0 Å². The van der Waals surface area contributed by atoms with Gasteiger partial charge in [-0.05, 0) is 42.5 Å². The zero-order valence-electron chi connectivity index (χ0n) is 12.5. The van der Waals surface area contributed by atoms with Gasteiger partial charge in [0.15, 0.2) is 0 Å². The molecular weight excluding hydrogens is 372 g/mol. The highest BCUT2D eigenvalue weighted by molar-refractivity contribution is 9.10. The van der Waals surface area contributed by atoms with E-state index >= 15 is 0 Å². The highest BCUT2D eigenvalue weighted by Crippen LogP contribution is 2.15. The molecule has 1 N–H and O–H groups in total. The lowest BCUT2D eigenvalue weighted by Crippen LogP contribution is -2.29. The van der Waals surface area contributed by atoms with Crippen LogP contribution in [0.5, 0.6) is 0 Å². The molecule has 2 aromatic heterocycles. The molecule has 0 aliphatic rings. The lowest BCUT2D eigenvalue weighted by molar-refractivity contribution is -0.117. The molecule has 7 heteroatoms. The van der Waals surface area contributed by atoms with E-state index in [2.05, 4.69) is 31.3 Å². The first-order chi connectivity index (χ1) is 11.6. The number of benzene rings is 1. The molecule has 0 aliphatic heterocycles. The largest absolute Gasteiger partial charge is 0.324 e. The van der Waals surface area contributed by atoms with Crippen LogP contribution in [0.2, 0.25) is 0 Å². The van der Waals surface area contributed by atoms with Gasteiger partial charge in [0.2, 0.25) is 5.91 Å². The van der Waals surface area contributed by atoms with Crippen molar-refractivity contribution in [2.75, 3.05) is 5.32 Å². The second-order valence-corrected chi connectivity index (χ2v) is 5.92. The first kappa shape index (κ1) is 16.1. The summed E-state index contributed by atoms with van der Waals surface area (Å²) in [5.74, 6) is -0.321. The SMILES string of the molecule is O=C(Cn1nc(-c2ccncc2)ccc1=O)Nc1ccc(Br)cc1. The third kappa shape index (κ3) is 3.94. The maximum atomic E-state index is 12.1. The number of anilines is 1. The minimum absolute atomic E-state index is 0.159. The molecule has 1 amide bonds. The van der Waals surface area contributed by atoms with Crippen molar-refractivity contribution >= 4 is 27.5 Å². The summed E-state index contributed by atoms with van der Waals surface area (Å²) in [6.45, 7) is -0.159. The molecule has 0 aliphatic carbocycles. The molecule has 1 aromatic carbocycles. The number of halogens is 1. The molecule has 2 heterocycles. The van der Waals surface area contributed by atoms with E-state index in [-0.39, 0.29) is 18.0 Å². The molecule has 0 bridgehead atoms. The Hall–Kier alpha value is -2.80. The first-order valence-electron chi connectivity index (χ1n) is 7.16. The van der Waals surface area contributed by atoms with Crippen LogP contribution in [0, 0.1) is 0 Å². The van der Waals surface area contributed by atoms with Gasteiger partial charge in [-0.3, -0.25) is 14.6 Å². The number of amides is 1. The summed E-state index contributed by atoms with van der Waals surface area (Å²) in [6, 6.07) is 13.8. The molecule has 3 rings (SSSR count). The summed E-state index contributed by atoms with van der Waals surface area (Å²) in [5, 5.41) is 6.98. The van der Waals surface area contributed by atoms with Crippen LogP contribution in [-0.2, 0) is 11.3 Å². The van der Waals surface area contributed by atoms with Gasteiger partial charge in [-0.1, -0.05) is 15.9 Å². The third-order valence-corrected chi connectivity index (χ3v) is 3.79. The standard InChI is InChI=1S/C17H13BrN4O2/c18-13-1-3-14(4-2-13)20-16(23)11-22-17(24)6-5-15(21-22)12-7-9-19-10-8-12/h1-10H,11H2,(H,20,23). The van der Waals surface area contributed by atoms with E-state index in [1.807, 2.05) is 12.1 Å². The van der Waals surface area contributed by atoms with Crippen LogP contribution in [-0.4, -0.2) is 20.7 Å².